The number of aromatic nitrogens is 1. The Labute approximate surface area is 252 Å². The maximum absolute atomic E-state index is 13.1. The summed E-state index contributed by atoms with van der Waals surface area (Å²) in [5.41, 5.74) is 11.0. The Balaban J connectivity index is 1.47. The molecule has 0 fully saturated rings. The van der Waals surface area contributed by atoms with Gasteiger partial charge in [-0.1, -0.05) is 129 Å². The molecule has 0 atom stereocenters. The molecule has 1 aromatic heterocycles. The van der Waals surface area contributed by atoms with Crippen molar-refractivity contribution in [1.82, 2.24) is 4.57 Å². The lowest BCUT2D eigenvalue weighted by Crippen LogP contribution is -2.01. The lowest BCUT2D eigenvalue weighted by atomic mass is 9.87. The summed E-state index contributed by atoms with van der Waals surface area (Å²) >= 11 is 0. The second-order valence-electron chi connectivity index (χ2n) is 11.1. The van der Waals surface area contributed by atoms with Crippen molar-refractivity contribution in [1.29, 1.82) is 0 Å². The van der Waals surface area contributed by atoms with E-state index in [2.05, 4.69) is 145 Å². The van der Waals surface area contributed by atoms with Gasteiger partial charge in [-0.25, -0.2) is 0 Å². The largest absolute Gasteiger partial charge is 0.309 e. The number of unbranched alkanes of at least 4 members (excludes halogenated alkanes) is 1. The fourth-order valence-corrected chi connectivity index (χ4v) is 6.25. The molecule has 0 aliphatic heterocycles. The highest BCUT2D eigenvalue weighted by Gasteiger charge is 2.18. The lowest BCUT2D eigenvalue weighted by molar-refractivity contribution is 0.0980. The Kier molecular flexibility index (Phi) is 7.18. The maximum Gasteiger partial charge on any atom is 0.162 e. The van der Waals surface area contributed by atoms with Crippen LogP contribution in [0.1, 0.15) is 36.5 Å². The molecule has 0 amide bonds. The summed E-state index contributed by atoms with van der Waals surface area (Å²) in [6, 6.07) is 51.3. The van der Waals surface area contributed by atoms with Crippen molar-refractivity contribution in [2.45, 2.75) is 26.2 Å². The molecule has 0 saturated heterocycles. The highest BCUT2D eigenvalue weighted by Crippen LogP contribution is 2.41. The summed E-state index contributed by atoms with van der Waals surface area (Å²) in [6.45, 7) is 2.12. The van der Waals surface area contributed by atoms with Crippen molar-refractivity contribution in [2.24, 2.45) is 0 Å². The van der Waals surface area contributed by atoms with Crippen molar-refractivity contribution >= 4 is 27.6 Å². The summed E-state index contributed by atoms with van der Waals surface area (Å²) in [6.07, 6.45) is 2.49. The van der Waals surface area contributed by atoms with E-state index in [0.29, 0.717) is 6.42 Å². The quantitative estimate of drug-likeness (QED) is 0.171. The predicted octanol–water partition coefficient (Wildman–Crippen LogP) is 11.2. The minimum Gasteiger partial charge on any atom is -0.309 e. The van der Waals surface area contributed by atoms with Crippen LogP contribution in [0.3, 0.4) is 0 Å². The summed E-state index contributed by atoms with van der Waals surface area (Å²) < 4.78 is 2.37. The Morgan fingerprint density at radius 1 is 0.535 bits per heavy atom. The van der Waals surface area contributed by atoms with E-state index in [4.69, 9.17) is 0 Å². The zero-order valence-corrected chi connectivity index (χ0v) is 24.3. The molecule has 7 aromatic rings. The summed E-state index contributed by atoms with van der Waals surface area (Å²) in [7, 11) is 0. The SMILES string of the molecule is CCCCC(=O)c1ccc(-c2ccc(-n3c4ccccc4c4ccccc43)cc2-c2ccccc2)c(-c2ccccc2)c1. The number of hydrogen-bond acceptors (Lipinski definition) is 1. The predicted molar refractivity (Wildman–Crippen MR) is 181 cm³/mol. The van der Waals surface area contributed by atoms with Crippen LogP contribution in [0, 0.1) is 0 Å². The fraction of sp³-hybridized carbons (Fsp3) is 0.0976. The van der Waals surface area contributed by atoms with E-state index in [0.717, 1.165) is 57.5 Å². The molecule has 7 rings (SSSR count). The first kappa shape index (κ1) is 26.7. The Morgan fingerprint density at radius 2 is 1.05 bits per heavy atom. The zero-order valence-electron chi connectivity index (χ0n) is 24.3. The first-order chi connectivity index (χ1) is 21.2. The number of fused-ring (bicyclic) bond motifs is 3. The molecule has 208 valence electrons. The summed E-state index contributed by atoms with van der Waals surface area (Å²) in [5, 5.41) is 2.50. The number of Topliss-reactive ketones (excluding diaryl/α,β-unsaturated/α-hetero) is 1. The van der Waals surface area contributed by atoms with Crippen LogP contribution in [0.2, 0.25) is 0 Å². The van der Waals surface area contributed by atoms with Gasteiger partial charge in [-0.2, -0.15) is 0 Å². The van der Waals surface area contributed by atoms with Gasteiger partial charge in [-0.3, -0.25) is 4.79 Å². The van der Waals surface area contributed by atoms with Gasteiger partial charge in [-0.05, 0) is 70.1 Å². The number of rotatable bonds is 8. The molecular formula is C41H33NO. The van der Waals surface area contributed by atoms with Crippen molar-refractivity contribution in [3.05, 3.63) is 151 Å². The molecule has 0 unspecified atom stereocenters. The van der Waals surface area contributed by atoms with Gasteiger partial charge in [0.15, 0.2) is 5.78 Å². The van der Waals surface area contributed by atoms with E-state index < -0.39 is 0 Å². The highest BCUT2D eigenvalue weighted by molar-refractivity contribution is 6.09. The number of hydrogen-bond donors (Lipinski definition) is 0. The minimum absolute atomic E-state index is 0.204. The Hall–Kier alpha value is -5.21. The molecule has 1 heterocycles. The average molecular weight is 556 g/mol. The van der Waals surface area contributed by atoms with Gasteiger partial charge in [0.05, 0.1) is 11.0 Å². The topological polar surface area (TPSA) is 22.0 Å². The number of para-hydroxylation sites is 2. The van der Waals surface area contributed by atoms with E-state index in [-0.39, 0.29) is 5.78 Å². The van der Waals surface area contributed by atoms with Gasteiger partial charge < -0.3 is 4.57 Å². The van der Waals surface area contributed by atoms with Crippen LogP contribution in [0.25, 0.3) is 60.9 Å². The molecule has 0 N–H and O–H groups in total. The van der Waals surface area contributed by atoms with Gasteiger partial charge in [0.2, 0.25) is 0 Å². The van der Waals surface area contributed by atoms with Gasteiger partial charge in [0.1, 0.15) is 0 Å². The number of nitrogens with zero attached hydrogens (tertiary/aromatic N) is 1. The average Bonchev–Trinajstić information content (AvgIpc) is 3.42. The first-order valence-corrected chi connectivity index (χ1v) is 15.1. The van der Waals surface area contributed by atoms with Gasteiger partial charge in [0, 0.05) is 28.4 Å². The summed E-state index contributed by atoms with van der Waals surface area (Å²) in [4.78, 5) is 13.1. The molecule has 2 heteroatoms. The highest BCUT2D eigenvalue weighted by atomic mass is 16.1. The number of carbonyl (C=O) groups excluding carboxylic acids is 1. The second-order valence-corrected chi connectivity index (χ2v) is 11.1. The fourth-order valence-electron chi connectivity index (χ4n) is 6.25. The number of benzene rings is 6. The maximum atomic E-state index is 13.1. The van der Waals surface area contributed by atoms with Crippen molar-refractivity contribution in [3.63, 3.8) is 0 Å². The number of ketones is 1. The molecule has 0 bridgehead atoms. The minimum atomic E-state index is 0.204. The molecule has 0 radical (unpaired) electrons. The monoisotopic (exact) mass is 555 g/mol. The van der Waals surface area contributed by atoms with E-state index in [9.17, 15) is 4.79 Å². The Bertz CT molecular complexity index is 2020. The molecule has 2 nitrogen and oxygen atoms in total. The van der Waals surface area contributed by atoms with Gasteiger partial charge in [0.25, 0.3) is 0 Å². The van der Waals surface area contributed by atoms with Crippen LogP contribution in [-0.4, -0.2) is 10.4 Å². The summed E-state index contributed by atoms with van der Waals surface area (Å²) in [5.74, 6) is 0.204. The normalized spacial score (nSPS) is 11.3. The second kappa shape index (κ2) is 11.6. The van der Waals surface area contributed by atoms with Crippen LogP contribution >= 0.6 is 0 Å². The van der Waals surface area contributed by atoms with Crippen LogP contribution in [0.5, 0.6) is 0 Å². The van der Waals surface area contributed by atoms with E-state index >= 15 is 0 Å². The molecule has 6 aromatic carbocycles. The van der Waals surface area contributed by atoms with Gasteiger partial charge in [-0.15, -0.1) is 0 Å². The van der Waals surface area contributed by atoms with Crippen molar-refractivity contribution in [3.8, 4) is 39.1 Å². The molecular weight excluding hydrogens is 522 g/mol. The van der Waals surface area contributed by atoms with Crippen molar-refractivity contribution < 1.29 is 4.79 Å². The first-order valence-electron chi connectivity index (χ1n) is 15.1. The van der Waals surface area contributed by atoms with Crippen LogP contribution in [-0.2, 0) is 0 Å². The molecule has 0 spiro atoms. The third-order valence-corrected chi connectivity index (χ3v) is 8.40. The third kappa shape index (κ3) is 4.96. The Morgan fingerprint density at radius 3 is 1.63 bits per heavy atom. The van der Waals surface area contributed by atoms with Gasteiger partial charge >= 0.3 is 0 Å². The van der Waals surface area contributed by atoms with Crippen LogP contribution in [0.15, 0.2) is 146 Å². The van der Waals surface area contributed by atoms with Crippen molar-refractivity contribution in [2.75, 3.05) is 0 Å². The van der Waals surface area contributed by atoms with E-state index in [1.165, 1.54) is 21.8 Å². The number of carbonyl (C=O) groups is 1. The van der Waals surface area contributed by atoms with Crippen LogP contribution in [0.4, 0.5) is 0 Å². The smallest absolute Gasteiger partial charge is 0.162 e. The molecule has 43 heavy (non-hydrogen) atoms. The molecule has 0 saturated carbocycles. The molecule has 0 aliphatic rings. The standard InChI is InChI=1S/C41H33NO/c1-2-3-22-41(43)31-23-25-33(37(27-31)29-14-6-4-7-15-29)34-26-24-32(28-38(34)30-16-8-5-9-17-30)42-39-20-12-10-18-35(39)36-19-11-13-21-40(36)42/h4-21,23-28H,2-3,22H2,1H3. The molecule has 0 aliphatic carbocycles. The lowest BCUT2D eigenvalue weighted by Gasteiger charge is -2.18. The third-order valence-electron chi connectivity index (χ3n) is 8.40. The van der Waals surface area contributed by atoms with Crippen LogP contribution < -0.4 is 0 Å². The van der Waals surface area contributed by atoms with E-state index in [1.807, 2.05) is 12.1 Å². The zero-order chi connectivity index (χ0) is 29.2. The van der Waals surface area contributed by atoms with E-state index in [1.54, 1.807) is 0 Å².